The fourth-order valence-corrected chi connectivity index (χ4v) is 4.09. The maximum atomic E-state index is 5.38. The van der Waals surface area contributed by atoms with Gasteiger partial charge in [0.25, 0.3) is 0 Å². The summed E-state index contributed by atoms with van der Waals surface area (Å²) >= 11 is 1.63. The average Bonchev–Trinajstić information content (AvgIpc) is 3.41. The normalized spacial score (nSPS) is 16.2. The molecule has 1 saturated heterocycles. The van der Waals surface area contributed by atoms with Crippen LogP contribution in [0.25, 0.3) is 10.7 Å². The molecule has 0 aliphatic carbocycles. The van der Waals surface area contributed by atoms with Crippen LogP contribution in [0.2, 0.25) is 0 Å². The van der Waals surface area contributed by atoms with Gasteiger partial charge in [0, 0.05) is 44.7 Å². The van der Waals surface area contributed by atoms with Gasteiger partial charge in [0.2, 0.25) is 11.7 Å². The maximum Gasteiger partial charge on any atom is 0.227 e. The minimum absolute atomic E-state index is 0.702. The van der Waals surface area contributed by atoms with Gasteiger partial charge in [0.15, 0.2) is 0 Å². The van der Waals surface area contributed by atoms with Gasteiger partial charge in [-0.2, -0.15) is 4.98 Å². The second-order valence-corrected chi connectivity index (χ2v) is 7.96. The van der Waals surface area contributed by atoms with E-state index in [2.05, 4.69) is 25.1 Å². The number of piperazine rings is 1. The Morgan fingerprint density at radius 3 is 2.59 bits per heavy atom. The number of aromatic nitrogens is 3. The highest BCUT2D eigenvalue weighted by Gasteiger charge is 2.20. The first-order valence-electron chi connectivity index (χ1n) is 9.42. The highest BCUT2D eigenvalue weighted by molar-refractivity contribution is 7.13. The van der Waals surface area contributed by atoms with Crippen LogP contribution in [0.1, 0.15) is 29.3 Å². The molecular formula is C19H25N5O2S. The third-order valence-corrected chi connectivity index (χ3v) is 5.97. The third kappa shape index (κ3) is 4.45. The van der Waals surface area contributed by atoms with Crippen LogP contribution in [0.3, 0.4) is 0 Å². The molecule has 3 aromatic heterocycles. The molecule has 0 N–H and O–H groups in total. The molecule has 27 heavy (non-hydrogen) atoms. The molecule has 0 atom stereocenters. The van der Waals surface area contributed by atoms with E-state index in [-0.39, 0.29) is 0 Å². The Hall–Kier alpha value is -2.03. The first-order valence-corrected chi connectivity index (χ1v) is 10.3. The summed E-state index contributed by atoms with van der Waals surface area (Å²) in [6, 6.07) is 4.02. The quantitative estimate of drug-likeness (QED) is 0.617. The van der Waals surface area contributed by atoms with Crippen LogP contribution < -0.4 is 0 Å². The number of hydrogen-bond acceptors (Lipinski definition) is 8. The minimum Gasteiger partial charge on any atom is -0.361 e. The SMILES string of the molecule is Cc1noc(C)c1CN1CCN(CCCc2nc(-c3cccs3)no2)CC1. The van der Waals surface area contributed by atoms with Crippen molar-refractivity contribution in [3.8, 4) is 10.7 Å². The number of hydrogen-bond donors (Lipinski definition) is 0. The zero-order valence-electron chi connectivity index (χ0n) is 15.8. The zero-order valence-corrected chi connectivity index (χ0v) is 16.7. The predicted molar refractivity (Wildman–Crippen MR) is 104 cm³/mol. The van der Waals surface area contributed by atoms with Crippen molar-refractivity contribution in [3.05, 3.63) is 40.4 Å². The predicted octanol–water partition coefficient (Wildman–Crippen LogP) is 3.15. The average molecular weight is 388 g/mol. The van der Waals surface area contributed by atoms with Crippen molar-refractivity contribution in [2.75, 3.05) is 32.7 Å². The van der Waals surface area contributed by atoms with Gasteiger partial charge in [-0.1, -0.05) is 16.4 Å². The molecule has 1 fully saturated rings. The van der Waals surface area contributed by atoms with Crippen LogP contribution >= 0.6 is 11.3 Å². The Kier molecular flexibility index (Phi) is 5.66. The Morgan fingerprint density at radius 2 is 1.89 bits per heavy atom. The molecule has 4 heterocycles. The van der Waals surface area contributed by atoms with Crippen LogP contribution in [0.5, 0.6) is 0 Å². The van der Waals surface area contributed by atoms with E-state index in [9.17, 15) is 0 Å². The zero-order chi connectivity index (χ0) is 18.6. The number of rotatable bonds is 7. The second kappa shape index (κ2) is 8.33. The van der Waals surface area contributed by atoms with Crippen molar-refractivity contribution in [1.29, 1.82) is 0 Å². The van der Waals surface area contributed by atoms with E-state index in [4.69, 9.17) is 9.05 Å². The highest BCUT2D eigenvalue weighted by Crippen LogP contribution is 2.21. The summed E-state index contributed by atoms with van der Waals surface area (Å²) in [7, 11) is 0. The van der Waals surface area contributed by atoms with Crippen molar-refractivity contribution in [1.82, 2.24) is 25.1 Å². The van der Waals surface area contributed by atoms with Gasteiger partial charge in [-0.05, 0) is 38.3 Å². The molecule has 0 bridgehead atoms. The van der Waals surface area contributed by atoms with Gasteiger partial charge < -0.3 is 13.9 Å². The maximum absolute atomic E-state index is 5.38. The largest absolute Gasteiger partial charge is 0.361 e. The fourth-order valence-electron chi connectivity index (χ4n) is 3.44. The lowest BCUT2D eigenvalue weighted by Gasteiger charge is -2.34. The summed E-state index contributed by atoms with van der Waals surface area (Å²) in [5, 5.41) is 10.2. The lowest BCUT2D eigenvalue weighted by atomic mass is 10.1. The van der Waals surface area contributed by atoms with E-state index in [0.29, 0.717) is 5.82 Å². The summed E-state index contributed by atoms with van der Waals surface area (Å²) in [5.41, 5.74) is 2.25. The Bertz CT molecular complexity index is 830. The highest BCUT2D eigenvalue weighted by atomic mass is 32.1. The van der Waals surface area contributed by atoms with E-state index in [1.807, 2.05) is 31.4 Å². The van der Waals surface area contributed by atoms with E-state index >= 15 is 0 Å². The molecule has 7 nitrogen and oxygen atoms in total. The van der Waals surface area contributed by atoms with Crippen molar-refractivity contribution < 1.29 is 9.05 Å². The monoisotopic (exact) mass is 387 g/mol. The van der Waals surface area contributed by atoms with E-state index in [0.717, 1.165) is 74.3 Å². The first kappa shape index (κ1) is 18.3. The molecule has 0 amide bonds. The Balaban J connectivity index is 1.19. The summed E-state index contributed by atoms with van der Waals surface area (Å²) in [6.07, 6.45) is 1.87. The van der Waals surface area contributed by atoms with Crippen LogP contribution in [0, 0.1) is 13.8 Å². The smallest absolute Gasteiger partial charge is 0.227 e. The van der Waals surface area contributed by atoms with Crippen LogP contribution in [0.4, 0.5) is 0 Å². The topological polar surface area (TPSA) is 71.4 Å². The van der Waals surface area contributed by atoms with E-state index < -0.39 is 0 Å². The summed E-state index contributed by atoms with van der Waals surface area (Å²) in [4.78, 5) is 10.5. The van der Waals surface area contributed by atoms with Gasteiger partial charge >= 0.3 is 0 Å². The van der Waals surface area contributed by atoms with E-state index in [1.54, 1.807) is 11.3 Å². The lowest BCUT2D eigenvalue weighted by molar-refractivity contribution is 0.125. The standard InChI is InChI=1S/C19H25N5O2S/c1-14-16(15(2)25-21-14)13-24-10-8-23(9-11-24)7-3-6-18-20-19(22-26-18)17-5-4-12-27-17/h4-5,12H,3,6-11,13H2,1-2H3. The molecule has 0 aromatic carbocycles. The van der Waals surface area contributed by atoms with Gasteiger partial charge in [-0.25, -0.2) is 0 Å². The van der Waals surface area contributed by atoms with E-state index in [1.165, 1.54) is 5.56 Å². The molecule has 1 aliphatic heterocycles. The van der Waals surface area contributed by atoms with Crippen LogP contribution in [0.15, 0.2) is 26.6 Å². The molecular weight excluding hydrogens is 362 g/mol. The van der Waals surface area contributed by atoms with Crippen LogP contribution in [-0.2, 0) is 13.0 Å². The van der Waals surface area contributed by atoms with Crippen molar-refractivity contribution in [3.63, 3.8) is 0 Å². The minimum atomic E-state index is 0.702. The lowest BCUT2D eigenvalue weighted by Crippen LogP contribution is -2.46. The van der Waals surface area contributed by atoms with Gasteiger partial charge in [0.1, 0.15) is 5.76 Å². The summed E-state index contributed by atoms with van der Waals surface area (Å²) in [5.74, 6) is 2.37. The molecule has 4 rings (SSSR count). The van der Waals surface area contributed by atoms with Crippen molar-refractivity contribution in [2.45, 2.75) is 33.2 Å². The molecule has 0 spiro atoms. The second-order valence-electron chi connectivity index (χ2n) is 7.01. The molecule has 3 aromatic rings. The van der Waals surface area contributed by atoms with Crippen molar-refractivity contribution >= 4 is 11.3 Å². The van der Waals surface area contributed by atoms with Crippen LogP contribution in [-0.4, -0.2) is 57.8 Å². The Labute approximate surface area is 162 Å². The fraction of sp³-hybridized carbons (Fsp3) is 0.526. The van der Waals surface area contributed by atoms with Gasteiger partial charge in [0.05, 0.1) is 10.6 Å². The molecule has 8 heteroatoms. The van der Waals surface area contributed by atoms with Gasteiger partial charge in [-0.3, -0.25) is 4.90 Å². The molecule has 1 aliphatic rings. The number of nitrogens with zero attached hydrogens (tertiary/aromatic N) is 5. The third-order valence-electron chi connectivity index (χ3n) is 5.10. The summed E-state index contributed by atoms with van der Waals surface area (Å²) < 4.78 is 10.7. The molecule has 0 radical (unpaired) electrons. The molecule has 0 saturated carbocycles. The number of thiophene rings is 1. The molecule has 0 unspecified atom stereocenters. The van der Waals surface area contributed by atoms with Gasteiger partial charge in [-0.15, -0.1) is 11.3 Å². The Morgan fingerprint density at radius 1 is 1.07 bits per heavy atom. The number of aryl methyl sites for hydroxylation is 3. The summed E-state index contributed by atoms with van der Waals surface area (Å²) in [6.45, 7) is 10.3. The molecule has 144 valence electrons. The first-order chi connectivity index (χ1) is 13.2. The van der Waals surface area contributed by atoms with Crippen molar-refractivity contribution in [2.24, 2.45) is 0 Å².